The molecule has 2 aromatic rings. The third kappa shape index (κ3) is 4.96. The molecule has 2 heterocycles. The van der Waals surface area contributed by atoms with Crippen molar-refractivity contribution in [1.29, 1.82) is 0 Å². The molecule has 2 N–H and O–H groups in total. The summed E-state index contributed by atoms with van der Waals surface area (Å²) >= 11 is 0. The normalized spacial score (nSPS) is 30.3. The number of aliphatic hydroxyl groups is 1. The molecule has 0 aromatic heterocycles. The number of fused-ring (bicyclic) bond motifs is 1. The van der Waals surface area contributed by atoms with Crippen molar-refractivity contribution in [2.45, 2.75) is 70.0 Å². The van der Waals surface area contributed by atoms with Crippen LogP contribution >= 0.6 is 0 Å². The van der Waals surface area contributed by atoms with Crippen molar-refractivity contribution in [2.24, 2.45) is 0 Å². The fourth-order valence-electron chi connectivity index (χ4n) is 4.03. The van der Waals surface area contributed by atoms with Crippen LogP contribution in [0.5, 0.6) is 5.75 Å². The van der Waals surface area contributed by atoms with Gasteiger partial charge < -0.3 is 29.4 Å². The van der Waals surface area contributed by atoms with Crippen molar-refractivity contribution < 1.29 is 28.8 Å². The van der Waals surface area contributed by atoms with Crippen LogP contribution in [0.2, 0.25) is 0 Å². The third-order valence-electron chi connectivity index (χ3n) is 5.78. The largest absolute Gasteiger partial charge is 0.463 e. The zero-order chi connectivity index (χ0) is 22.9. The highest BCUT2D eigenvalue weighted by molar-refractivity contribution is 5.73. The molecule has 7 nitrogen and oxygen atoms in total. The molecule has 2 aromatic carbocycles. The monoisotopic (exact) mass is 441 g/mol. The van der Waals surface area contributed by atoms with Gasteiger partial charge in [-0.25, -0.2) is 0 Å². The second kappa shape index (κ2) is 9.19. The summed E-state index contributed by atoms with van der Waals surface area (Å²) in [7, 11) is 0. The van der Waals surface area contributed by atoms with Crippen LogP contribution in [0.25, 0.3) is 0 Å². The van der Waals surface area contributed by atoms with Crippen LogP contribution in [0.4, 0.5) is 0 Å². The Kier molecular flexibility index (Phi) is 6.53. The van der Waals surface area contributed by atoms with Crippen molar-refractivity contribution in [1.82, 2.24) is 5.32 Å². The molecule has 7 heteroatoms. The lowest BCUT2D eigenvalue weighted by Gasteiger charge is -2.47. The predicted molar refractivity (Wildman–Crippen MR) is 118 cm³/mol. The van der Waals surface area contributed by atoms with E-state index in [-0.39, 0.29) is 17.9 Å². The van der Waals surface area contributed by atoms with Gasteiger partial charge in [0.1, 0.15) is 30.1 Å². The first-order chi connectivity index (χ1) is 15.2. The van der Waals surface area contributed by atoms with Crippen molar-refractivity contribution in [3.05, 3.63) is 65.7 Å². The molecule has 2 aliphatic rings. The zero-order valence-electron chi connectivity index (χ0n) is 18.9. The van der Waals surface area contributed by atoms with Gasteiger partial charge >= 0.3 is 0 Å². The minimum atomic E-state index is -1.04. The zero-order valence-corrected chi connectivity index (χ0v) is 18.9. The molecular weight excluding hydrogens is 410 g/mol. The SMILES string of the molecule is CC(=O)N[C@@H]1[C@H](Oc2ccc(C(C)(C)C)cc2)O[C@@H]2CO[C@H](c3ccccc3)O[C@H]2[C@H]1O. The molecule has 2 aliphatic heterocycles. The van der Waals surface area contributed by atoms with Gasteiger partial charge in [-0.2, -0.15) is 0 Å². The second-order valence-electron chi connectivity index (χ2n) is 9.33. The first-order valence-corrected chi connectivity index (χ1v) is 10.9. The van der Waals surface area contributed by atoms with Crippen LogP contribution in [-0.2, 0) is 24.4 Å². The maximum absolute atomic E-state index is 11.9. The Morgan fingerprint density at radius 2 is 1.75 bits per heavy atom. The number of rotatable bonds is 4. The van der Waals surface area contributed by atoms with E-state index in [0.717, 1.165) is 5.56 Å². The van der Waals surface area contributed by atoms with E-state index in [4.69, 9.17) is 18.9 Å². The number of carbonyl (C=O) groups excluding carboxylic acids is 1. The number of ether oxygens (including phenoxy) is 4. The molecule has 172 valence electrons. The van der Waals surface area contributed by atoms with Crippen LogP contribution in [0.1, 0.15) is 45.1 Å². The van der Waals surface area contributed by atoms with E-state index in [1.54, 1.807) is 0 Å². The van der Waals surface area contributed by atoms with Crippen LogP contribution in [0.3, 0.4) is 0 Å². The third-order valence-corrected chi connectivity index (χ3v) is 5.78. The highest BCUT2D eigenvalue weighted by Crippen LogP contribution is 2.35. The number of benzene rings is 2. The highest BCUT2D eigenvalue weighted by Gasteiger charge is 2.50. The molecular formula is C25H31NO6. The minimum absolute atomic E-state index is 0.0219. The Balaban J connectivity index is 1.51. The van der Waals surface area contributed by atoms with E-state index >= 15 is 0 Å². The van der Waals surface area contributed by atoms with Gasteiger partial charge in [-0.3, -0.25) is 4.79 Å². The molecule has 1 amide bonds. The van der Waals surface area contributed by atoms with Crippen LogP contribution in [0.15, 0.2) is 54.6 Å². The van der Waals surface area contributed by atoms with Crippen LogP contribution in [0, 0.1) is 0 Å². The summed E-state index contributed by atoms with van der Waals surface area (Å²) in [6.45, 7) is 8.05. The summed E-state index contributed by atoms with van der Waals surface area (Å²) in [5, 5.41) is 13.9. The number of hydrogen-bond acceptors (Lipinski definition) is 6. The Hall–Kier alpha value is -2.45. The van der Waals surface area contributed by atoms with Crippen molar-refractivity contribution in [3.8, 4) is 5.75 Å². The number of carbonyl (C=O) groups is 1. The van der Waals surface area contributed by atoms with Crippen LogP contribution in [-0.4, -0.2) is 48.3 Å². The number of amides is 1. The molecule has 2 saturated heterocycles. The first-order valence-electron chi connectivity index (χ1n) is 10.9. The predicted octanol–water partition coefficient (Wildman–Crippen LogP) is 3.07. The van der Waals surface area contributed by atoms with Gasteiger partial charge in [-0.15, -0.1) is 0 Å². The molecule has 0 spiro atoms. The van der Waals surface area contributed by atoms with Crippen molar-refractivity contribution in [3.63, 3.8) is 0 Å². The number of hydrogen-bond donors (Lipinski definition) is 2. The molecule has 0 radical (unpaired) electrons. The van der Waals surface area contributed by atoms with Crippen molar-refractivity contribution in [2.75, 3.05) is 6.61 Å². The van der Waals surface area contributed by atoms with E-state index in [2.05, 4.69) is 26.1 Å². The van der Waals surface area contributed by atoms with Gasteiger partial charge in [0.15, 0.2) is 6.29 Å². The molecule has 32 heavy (non-hydrogen) atoms. The fraction of sp³-hybridized carbons (Fsp3) is 0.480. The summed E-state index contributed by atoms with van der Waals surface area (Å²) in [6.07, 6.45) is -3.75. The lowest BCUT2D eigenvalue weighted by atomic mass is 9.87. The van der Waals surface area contributed by atoms with Crippen LogP contribution < -0.4 is 10.1 Å². The van der Waals surface area contributed by atoms with Gasteiger partial charge in [0.25, 0.3) is 0 Å². The number of aliphatic hydroxyl groups excluding tert-OH is 1. The van der Waals surface area contributed by atoms with Crippen molar-refractivity contribution >= 4 is 5.91 Å². The summed E-state index contributed by atoms with van der Waals surface area (Å²) in [5.74, 6) is 0.295. The van der Waals surface area contributed by atoms with Gasteiger partial charge in [-0.1, -0.05) is 63.2 Å². The van der Waals surface area contributed by atoms with Gasteiger partial charge in [0.2, 0.25) is 12.2 Å². The number of nitrogens with one attached hydrogen (secondary N) is 1. The van der Waals surface area contributed by atoms with E-state index < -0.39 is 36.9 Å². The maximum atomic E-state index is 11.9. The maximum Gasteiger partial charge on any atom is 0.223 e. The Morgan fingerprint density at radius 1 is 1.06 bits per heavy atom. The van der Waals surface area contributed by atoms with Gasteiger partial charge in [0.05, 0.1) is 6.61 Å². The molecule has 4 rings (SSSR count). The summed E-state index contributed by atoms with van der Waals surface area (Å²) in [6, 6.07) is 16.5. The average Bonchev–Trinajstić information content (AvgIpc) is 2.76. The van der Waals surface area contributed by atoms with Gasteiger partial charge in [0, 0.05) is 12.5 Å². The fourth-order valence-corrected chi connectivity index (χ4v) is 4.03. The van der Waals surface area contributed by atoms with Gasteiger partial charge in [-0.05, 0) is 23.1 Å². The smallest absolute Gasteiger partial charge is 0.223 e. The standard InChI is InChI=1S/C25H31NO6/c1-15(27)26-20-21(28)22-19(14-29-23(32-22)16-8-6-5-7-9-16)31-24(20)30-18-12-10-17(11-13-18)25(2,3)4/h5-13,19-24,28H,14H2,1-4H3,(H,26,27)/t19-,20+,21+,22-,23+,24-/m1/s1. The molecule has 6 atom stereocenters. The van der Waals surface area contributed by atoms with E-state index in [0.29, 0.717) is 5.75 Å². The first kappa shape index (κ1) is 22.7. The Bertz CT molecular complexity index is 910. The summed E-state index contributed by atoms with van der Waals surface area (Å²) < 4.78 is 24.1. The summed E-state index contributed by atoms with van der Waals surface area (Å²) in [4.78, 5) is 11.9. The lowest BCUT2D eigenvalue weighted by Crippen LogP contribution is -2.67. The van der Waals surface area contributed by atoms with E-state index in [9.17, 15) is 9.90 Å². The quantitative estimate of drug-likeness (QED) is 0.759. The molecule has 0 saturated carbocycles. The molecule has 0 bridgehead atoms. The minimum Gasteiger partial charge on any atom is -0.463 e. The second-order valence-corrected chi connectivity index (χ2v) is 9.33. The lowest BCUT2D eigenvalue weighted by molar-refractivity contribution is -0.333. The molecule has 2 fully saturated rings. The Labute approximate surface area is 188 Å². The van der Waals surface area contributed by atoms with E-state index in [1.807, 2.05) is 54.6 Å². The summed E-state index contributed by atoms with van der Waals surface area (Å²) in [5.41, 5.74) is 2.05. The highest BCUT2D eigenvalue weighted by atomic mass is 16.7. The van der Waals surface area contributed by atoms with E-state index in [1.165, 1.54) is 12.5 Å². The Morgan fingerprint density at radius 3 is 2.38 bits per heavy atom. The average molecular weight is 442 g/mol. The molecule has 0 unspecified atom stereocenters. The molecule has 0 aliphatic carbocycles. The topological polar surface area (TPSA) is 86.3 Å².